The van der Waals surface area contributed by atoms with Gasteiger partial charge in [0.05, 0.1) is 19.3 Å². The molecular formula is C15H24NO6P. The van der Waals surface area contributed by atoms with E-state index in [1.807, 2.05) is 30.3 Å². The highest BCUT2D eigenvalue weighted by atomic mass is 31.2. The van der Waals surface area contributed by atoms with Gasteiger partial charge in [-0.3, -0.25) is 4.57 Å². The summed E-state index contributed by atoms with van der Waals surface area (Å²) in [6.45, 7) is 5.14. The standard InChI is InChI=1S/C15H24NO6P/c1-4-21-23(19,22-5-2)14(17)12(3)16-15(18)20-11-13-9-7-6-8-10-13/h6-10,12,14,17H,4-5,11H2,1-3H3,(H,16,18)/t12-,14-/m0/s1. The van der Waals surface area contributed by atoms with Crippen LogP contribution in [0, 0.1) is 0 Å². The number of hydrogen-bond donors (Lipinski definition) is 2. The van der Waals surface area contributed by atoms with Crippen LogP contribution in [0.5, 0.6) is 0 Å². The van der Waals surface area contributed by atoms with Crippen LogP contribution in [0.1, 0.15) is 26.3 Å². The fourth-order valence-electron chi connectivity index (χ4n) is 1.85. The molecule has 23 heavy (non-hydrogen) atoms. The largest absolute Gasteiger partial charge is 0.445 e. The molecule has 0 aliphatic rings. The summed E-state index contributed by atoms with van der Waals surface area (Å²) in [6, 6.07) is 8.32. The summed E-state index contributed by atoms with van der Waals surface area (Å²) < 4.78 is 27.6. The molecule has 1 rings (SSSR count). The number of carbonyl (C=O) groups is 1. The fraction of sp³-hybridized carbons (Fsp3) is 0.533. The first-order valence-corrected chi connectivity index (χ1v) is 9.08. The van der Waals surface area contributed by atoms with Gasteiger partial charge < -0.3 is 24.2 Å². The van der Waals surface area contributed by atoms with Crippen molar-refractivity contribution >= 4 is 13.7 Å². The Morgan fingerprint density at radius 1 is 1.22 bits per heavy atom. The maximum Gasteiger partial charge on any atom is 0.407 e. The molecule has 0 radical (unpaired) electrons. The number of nitrogens with one attached hydrogen (secondary N) is 1. The molecule has 1 amide bonds. The van der Waals surface area contributed by atoms with Crippen LogP contribution in [-0.4, -0.2) is 36.3 Å². The molecule has 1 aromatic rings. The molecule has 0 bridgehead atoms. The Morgan fingerprint density at radius 2 is 1.78 bits per heavy atom. The monoisotopic (exact) mass is 345 g/mol. The second kappa shape index (κ2) is 9.67. The number of alkyl carbamates (subject to hydrolysis) is 1. The number of rotatable bonds is 9. The van der Waals surface area contributed by atoms with Gasteiger partial charge in [0.25, 0.3) is 0 Å². The van der Waals surface area contributed by atoms with Crippen molar-refractivity contribution in [1.82, 2.24) is 5.32 Å². The Hall–Kier alpha value is -1.40. The van der Waals surface area contributed by atoms with Crippen LogP contribution < -0.4 is 5.32 Å². The van der Waals surface area contributed by atoms with Crippen LogP contribution in [0.2, 0.25) is 0 Å². The van der Waals surface area contributed by atoms with Crippen LogP contribution >= 0.6 is 7.60 Å². The molecular weight excluding hydrogens is 321 g/mol. The quantitative estimate of drug-likeness (QED) is 0.668. The molecule has 0 aliphatic heterocycles. The molecule has 2 N–H and O–H groups in total. The van der Waals surface area contributed by atoms with E-state index >= 15 is 0 Å². The van der Waals surface area contributed by atoms with Gasteiger partial charge in [0.2, 0.25) is 0 Å². The molecule has 130 valence electrons. The zero-order valence-corrected chi connectivity index (χ0v) is 14.5. The van der Waals surface area contributed by atoms with Crippen molar-refractivity contribution in [3.8, 4) is 0 Å². The molecule has 0 spiro atoms. The molecule has 0 aromatic heterocycles. The van der Waals surface area contributed by atoms with E-state index < -0.39 is 25.6 Å². The average molecular weight is 345 g/mol. The third kappa shape index (κ3) is 6.31. The predicted molar refractivity (Wildman–Crippen MR) is 86.1 cm³/mol. The van der Waals surface area contributed by atoms with Crippen molar-refractivity contribution in [1.29, 1.82) is 0 Å². The zero-order chi connectivity index (χ0) is 17.3. The molecule has 0 aliphatic carbocycles. The minimum atomic E-state index is -3.71. The van der Waals surface area contributed by atoms with Crippen molar-refractivity contribution in [3.63, 3.8) is 0 Å². The van der Waals surface area contributed by atoms with Crippen LogP contribution in [0.3, 0.4) is 0 Å². The smallest absolute Gasteiger partial charge is 0.407 e. The molecule has 0 heterocycles. The van der Waals surface area contributed by atoms with E-state index in [1.165, 1.54) is 6.92 Å². The first-order valence-electron chi connectivity index (χ1n) is 7.47. The molecule has 2 atom stereocenters. The second-order valence-corrected chi connectivity index (χ2v) is 6.91. The van der Waals surface area contributed by atoms with Gasteiger partial charge >= 0.3 is 13.7 Å². The molecule has 0 saturated carbocycles. The normalized spacial score (nSPS) is 14.1. The number of benzene rings is 1. The van der Waals surface area contributed by atoms with Crippen molar-refractivity contribution in [2.45, 2.75) is 39.3 Å². The fourth-order valence-corrected chi connectivity index (χ4v) is 3.57. The lowest BCUT2D eigenvalue weighted by atomic mass is 10.2. The number of hydrogen-bond acceptors (Lipinski definition) is 6. The van der Waals surface area contributed by atoms with Crippen LogP contribution in [0.4, 0.5) is 4.79 Å². The highest BCUT2D eigenvalue weighted by molar-refractivity contribution is 7.54. The third-order valence-corrected chi connectivity index (χ3v) is 5.28. The van der Waals surface area contributed by atoms with Crippen LogP contribution in [0.25, 0.3) is 0 Å². The number of amides is 1. The Kier molecular flexibility index (Phi) is 8.26. The lowest BCUT2D eigenvalue weighted by molar-refractivity contribution is 0.110. The van der Waals surface area contributed by atoms with Gasteiger partial charge in [-0.2, -0.15) is 0 Å². The summed E-state index contributed by atoms with van der Waals surface area (Å²) in [5.41, 5.74) is 0.838. The number of ether oxygens (including phenoxy) is 1. The molecule has 7 nitrogen and oxygen atoms in total. The van der Waals surface area contributed by atoms with E-state index in [9.17, 15) is 14.5 Å². The van der Waals surface area contributed by atoms with Gasteiger partial charge in [0.15, 0.2) is 5.85 Å². The zero-order valence-electron chi connectivity index (χ0n) is 13.6. The van der Waals surface area contributed by atoms with Crippen molar-refractivity contribution < 1.29 is 28.3 Å². The molecule has 1 aromatic carbocycles. The Labute approximate surface area is 136 Å². The van der Waals surface area contributed by atoms with E-state index in [-0.39, 0.29) is 19.8 Å². The molecule has 0 fully saturated rings. The minimum absolute atomic E-state index is 0.101. The van der Waals surface area contributed by atoms with Crippen molar-refractivity contribution in [2.24, 2.45) is 0 Å². The predicted octanol–water partition coefficient (Wildman–Crippen LogP) is 2.89. The lowest BCUT2D eigenvalue weighted by Crippen LogP contribution is -2.41. The number of aliphatic hydroxyl groups excluding tert-OH is 1. The SMILES string of the molecule is CCOP(=O)(OCC)[C@H](O)[C@H](C)NC(=O)OCc1ccccc1. The highest BCUT2D eigenvalue weighted by Crippen LogP contribution is 2.52. The van der Waals surface area contributed by atoms with E-state index in [1.54, 1.807) is 13.8 Å². The second-order valence-electron chi connectivity index (χ2n) is 4.78. The summed E-state index contributed by atoms with van der Waals surface area (Å²) in [6.07, 6.45) is -0.722. The van der Waals surface area contributed by atoms with Gasteiger partial charge in [-0.05, 0) is 26.3 Å². The third-order valence-electron chi connectivity index (χ3n) is 2.95. The van der Waals surface area contributed by atoms with Crippen molar-refractivity contribution in [3.05, 3.63) is 35.9 Å². The Morgan fingerprint density at radius 3 is 2.30 bits per heavy atom. The van der Waals surface area contributed by atoms with E-state index in [0.717, 1.165) is 5.56 Å². The maximum atomic E-state index is 12.4. The van der Waals surface area contributed by atoms with E-state index in [2.05, 4.69) is 5.32 Å². The molecule has 0 saturated heterocycles. The minimum Gasteiger partial charge on any atom is -0.445 e. The van der Waals surface area contributed by atoms with E-state index in [0.29, 0.717) is 0 Å². The summed E-state index contributed by atoms with van der Waals surface area (Å²) in [5, 5.41) is 12.6. The van der Waals surface area contributed by atoms with Crippen molar-refractivity contribution in [2.75, 3.05) is 13.2 Å². The summed E-state index contributed by atoms with van der Waals surface area (Å²) in [7, 11) is -3.71. The van der Waals surface area contributed by atoms with E-state index in [4.69, 9.17) is 13.8 Å². The first-order chi connectivity index (χ1) is 10.9. The van der Waals surface area contributed by atoms with Gasteiger partial charge in [0, 0.05) is 0 Å². The van der Waals surface area contributed by atoms with Gasteiger partial charge in [-0.1, -0.05) is 30.3 Å². The van der Waals surface area contributed by atoms with Gasteiger partial charge in [-0.25, -0.2) is 4.79 Å². The first kappa shape index (κ1) is 19.6. The number of aliphatic hydroxyl groups is 1. The van der Waals surface area contributed by atoms with Crippen LogP contribution in [-0.2, 0) is 25.0 Å². The average Bonchev–Trinajstić information content (AvgIpc) is 2.53. The van der Waals surface area contributed by atoms with Gasteiger partial charge in [-0.15, -0.1) is 0 Å². The lowest BCUT2D eigenvalue weighted by Gasteiger charge is -2.26. The summed E-state index contributed by atoms with van der Waals surface area (Å²) in [5.74, 6) is -1.48. The summed E-state index contributed by atoms with van der Waals surface area (Å²) in [4.78, 5) is 11.8. The Balaban J connectivity index is 2.54. The highest BCUT2D eigenvalue weighted by Gasteiger charge is 2.38. The molecule has 0 unspecified atom stereocenters. The van der Waals surface area contributed by atoms with Gasteiger partial charge in [0.1, 0.15) is 6.61 Å². The maximum absolute atomic E-state index is 12.4. The van der Waals surface area contributed by atoms with Crippen LogP contribution in [0.15, 0.2) is 30.3 Å². The summed E-state index contributed by atoms with van der Waals surface area (Å²) >= 11 is 0. The number of carbonyl (C=O) groups excluding carboxylic acids is 1. The topological polar surface area (TPSA) is 94.1 Å². The Bertz CT molecular complexity index is 514. The molecule has 8 heteroatoms.